The van der Waals surface area contributed by atoms with Crippen LogP contribution in [0.5, 0.6) is 0 Å². The molecule has 0 saturated carbocycles. The Labute approximate surface area is 84.3 Å². The maximum atomic E-state index is 11.6. The van der Waals surface area contributed by atoms with Crippen molar-refractivity contribution in [2.24, 2.45) is 0 Å². The summed E-state index contributed by atoms with van der Waals surface area (Å²) in [5.41, 5.74) is 1.76. The Morgan fingerprint density at radius 1 is 1.50 bits per heavy atom. The molecule has 0 atom stereocenters. The lowest BCUT2D eigenvalue weighted by Crippen LogP contribution is -2.23. The van der Waals surface area contributed by atoms with Crippen LogP contribution in [0, 0.1) is 19.3 Å². The number of nitrogens with one attached hydrogen (secondary N) is 1. The molecule has 2 heteroatoms. The highest BCUT2D eigenvalue weighted by Crippen LogP contribution is 2.06. The van der Waals surface area contributed by atoms with E-state index in [2.05, 4.69) is 11.2 Å². The van der Waals surface area contributed by atoms with Crippen LogP contribution in [0.15, 0.2) is 24.3 Å². The zero-order valence-corrected chi connectivity index (χ0v) is 8.21. The minimum atomic E-state index is 0.0818. The predicted molar refractivity (Wildman–Crippen MR) is 57.2 cm³/mol. The molecule has 0 aromatic heterocycles. The molecule has 1 N–H and O–H groups in total. The van der Waals surface area contributed by atoms with Crippen molar-refractivity contribution in [1.29, 1.82) is 0 Å². The number of carbonyl (C=O) groups is 1. The summed E-state index contributed by atoms with van der Waals surface area (Å²) in [7, 11) is 0. The van der Waals surface area contributed by atoms with E-state index in [4.69, 9.17) is 6.42 Å². The second-order valence-corrected chi connectivity index (χ2v) is 3.05. The lowest BCUT2D eigenvalue weighted by molar-refractivity contribution is 0.0992. The Balaban J connectivity index is 2.62. The van der Waals surface area contributed by atoms with Crippen LogP contribution >= 0.6 is 0 Å². The number of carbonyl (C=O) groups excluding carboxylic acids is 1. The average Bonchev–Trinajstić information content (AvgIpc) is 2.18. The number of aryl methyl sites for hydroxylation is 1. The van der Waals surface area contributed by atoms with Crippen molar-refractivity contribution in [3.63, 3.8) is 0 Å². The molecule has 1 aromatic rings. The van der Waals surface area contributed by atoms with E-state index in [-0.39, 0.29) is 5.78 Å². The van der Waals surface area contributed by atoms with Crippen molar-refractivity contribution >= 4 is 5.78 Å². The van der Waals surface area contributed by atoms with Gasteiger partial charge in [-0.05, 0) is 12.5 Å². The van der Waals surface area contributed by atoms with E-state index in [1.165, 1.54) is 0 Å². The quantitative estimate of drug-likeness (QED) is 0.438. The molecular weight excluding hydrogens is 174 g/mol. The lowest BCUT2D eigenvalue weighted by atomic mass is 10.1. The fourth-order valence-corrected chi connectivity index (χ4v) is 1.23. The van der Waals surface area contributed by atoms with Gasteiger partial charge in [0.2, 0.25) is 0 Å². The first-order valence-corrected chi connectivity index (χ1v) is 4.48. The molecule has 0 spiro atoms. The smallest absolute Gasteiger partial charge is 0.176 e. The molecule has 0 unspecified atom stereocenters. The fourth-order valence-electron chi connectivity index (χ4n) is 1.23. The van der Waals surface area contributed by atoms with E-state index >= 15 is 0 Å². The molecule has 1 rings (SSSR count). The van der Waals surface area contributed by atoms with Gasteiger partial charge in [-0.25, -0.2) is 0 Å². The van der Waals surface area contributed by atoms with E-state index in [1.807, 2.05) is 31.2 Å². The van der Waals surface area contributed by atoms with Crippen LogP contribution < -0.4 is 5.32 Å². The fraction of sp³-hybridized carbons (Fsp3) is 0.250. The topological polar surface area (TPSA) is 29.1 Å². The summed E-state index contributed by atoms with van der Waals surface area (Å²) in [6.45, 7) is 2.65. The molecule has 72 valence electrons. The van der Waals surface area contributed by atoms with Crippen LogP contribution in [0.3, 0.4) is 0 Å². The Hall–Kier alpha value is -1.59. The second-order valence-electron chi connectivity index (χ2n) is 3.05. The summed E-state index contributed by atoms with van der Waals surface area (Å²) in [6, 6.07) is 7.53. The minimum Gasteiger partial charge on any atom is -0.299 e. The lowest BCUT2D eigenvalue weighted by Gasteiger charge is -2.03. The number of terminal acetylenes is 1. The minimum absolute atomic E-state index is 0.0818. The number of ketones is 1. The van der Waals surface area contributed by atoms with E-state index in [1.54, 1.807) is 0 Å². The van der Waals surface area contributed by atoms with Gasteiger partial charge in [0.1, 0.15) is 0 Å². The normalized spacial score (nSPS) is 9.43. The molecule has 0 saturated heterocycles. The summed E-state index contributed by atoms with van der Waals surface area (Å²) in [4.78, 5) is 11.6. The third-order valence-corrected chi connectivity index (χ3v) is 1.96. The highest BCUT2D eigenvalue weighted by molar-refractivity contribution is 5.98. The Morgan fingerprint density at radius 3 is 2.86 bits per heavy atom. The Kier molecular flexibility index (Phi) is 3.90. The van der Waals surface area contributed by atoms with Crippen LogP contribution in [-0.2, 0) is 0 Å². The maximum absolute atomic E-state index is 11.6. The van der Waals surface area contributed by atoms with Gasteiger partial charge in [0.25, 0.3) is 0 Å². The molecule has 0 aliphatic rings. The molecule has 0 bridgehead atoms. The Bertz CT molecular complexity index is 363. The van der Waals surface area contributed by atoms with Gasteiger partial charge in [-0.3, -0.25) is 10.1 Å². The number of hydrogen-bond donors (Lipinski definition) is 1. The van der Waals surface area contributed by atoms with E-state index in [0.717, 1.165) is 11.1 Å². The van der Waals surface area contributed by atoms with Gasteiger partial charge in [-0.15, -0.1) is 6.42 Å². The Morgan fingerprint density at radius 2 is 2.21 bits per heavy atom. The summed E-state index contributed by atoms with van der Waals surface area (Å²) >= 11 is 0. The van der Waals surface area contributed by atoms with Crippen molar-refractivity contribution in [2.75, 3.05) is 13.1 Å². The van der Waals surface area contributed by atoms with E-state index in [9.17, 15) is 4.79 Å². The van der Waals surface area contributed by atoms with Crippen molar-refractivity contribution in [1.82, 2.24) is 5.32 Å². The summed E-state index contributed by atoms with van der Waals surface area (Å²) in [5, 5.41) is 2.87. The first-order chi connectivity index (χ1) is 6.75. The highest BCUT2D eigenvalue weighted by atomic mass is 16.1. The average molecular weight is 187 g/mol. The van der Waals surface area contributed by atoms with Crippen LogP contribution in [0.1, 0.15) is 15.9 Å². The van der Waals surface area contributed by atoms with Gasteiger partial charge >= 0.3 is 0 Å². The van der Waals surface area contributed by atoms with Crippen LogP contribution in [-0.4, -0.2) is 18.9 Å². The van der Waals surface area contributed by atoms with Gasteiger partial charge in [0, 0.05) is 5.56 Å². The summed E-state index contributed by atoms with van der Waals surface area (Å²) in [5.74, 6) is 2.51. The van der Waals surface area contributed by atoms with Crippen LogP contribution in [0.25, 0.3) is 0 Å². The molecular formula is C12H13NO. The molecule has 0 aliphatic heterocycles. The second kappa shape index (κ2) is 5.21. The van der Waals surface area contributed by atoms with Crippen molar-refractivity contribution in [3.05, 3.63) is 35.4 Å². The van der Waals surface area contributed by atoms with E-state index < -0.39 is 0 Å². The summed E-state index contributed by atoms with van der Waals surface area (Å²) < 4.78 is 0. The molecule has 0 radical (unpaired) electrons. The maximum Gasteiger partial charge on any atom is 0.176 e. The number of rotatable bonds is 4. The van der Waals surface area contributed by atoms with Gasteiger partial charge < -0.3 is 0 Å². The molecule has 0 aliphatic carbocycles. The monoisotopic (exact) mass is 187 g/mol. The van der Waals surface area contributed by atoms with Gasteiger partial charge in [-0.2, -0.15) is 0 Å². The van der Waals surface area contributed by atoms with Crippen LogP contribution in [0.4, 0.5) is 0 Å². The van der Waals surface area contributed by atoms with Gasteiger partial charge in [0.05, 0.1) is 13.1 Å². The number of benzene rings is 1. The highest BCUT2D eigenvalue weighted by Gasteiger charge is 2.06. The molecule has 14 heavy (non-hydrogen) atoms. The third kappa shape index (κ3) is 2.72. The van der Waals surface area contributed by atoms with Crippen molar-refractivity contribution < 1.29 is 4.79 Å². The molecule has 0 amide bonds. The zero-order valence-electron chi connectivity index (χ0n) is 8.21. The van der Waals surface area contributed by atoms with E-state index in [0.29, 0.717) is 13.1 Å². The molecule has 1 aromatic carbocycles. The van der Waals surface area contributed by atoms with Crippen molar-refractivity contribution in [3.8, 4) is 12.3 Å². The van der Waals surface area contributed by atoms with Crippen LogP contribution in [0.2, 0.25) is 0 Å². The predicted octanol–water partition coefficient (Wildman–Crippen LogP) is 1.40. The van der Waals surface area contributed by atoms with Gasteiger partial charge in [0.15, 0.2) is 5.78 Å². The largest absolute Gasteiger partial charge is 0.299 e. The van der Waals surface area contributed by atoms with Crippen molar-refractivity contribution in [2.45, 2.75) is 6.92 Å². The third-order valence-electron chi connectivity index (χ3n) is 1.96. The van der Waals surface area contributed by atoms with Gasteiger partial charge in [-0.1, -0.05) is 30.2 Å². The first kappa shape index (κ1) is 10.5. The SMILES string of the molecule is C#CCNCC(=O)c1ccccc1C. The standard InChI is InChI=1S/C12H13NO/c1-3-8-13-9-12(14)11-7-5-4-6-10(11)2/h1,4-7,13H,8-9H2,2H3. The first-order valence-electron chi connectivity index (χ1n) is 4.48. The molecule has 0 fully saturated rings. The molecule has 2 nitrogen and oxygen atoms in total. The summed E-state index contributed by atoms with van der Waals surface area (Å²) in [6.07, 6.45) is 5.06. The molecule has 0 heterocycles. The number of hydrogen-bond acceptors (Lipinski definition) is 2. The number of Topliss-reactive ketones (excluding diaryl/α,β-unsaturated/α-hetero) is 1. The zero-order chi connectivity index (χ0) is 10.4.